The third kappa shape index (κ3) is 4.05. The van der Waals surface area contributed by atoms with Gasteiger partial charge >= 0.3 is 0 Å². The van der Waals surface area contributed by atoms with E-state index in [-0.39, 0.29) is 11.3 Å². The van der Waals surface area contributed by atoms with E-state index < -0.39 is 5.91 Å². The topological polar surface area (TPSA) is 91.6 Å². The van der Waals surface area contributed by atoms with Crippen molar-refractivity contribution < 1.29 is 19.4 Å². The Morgan fingerprint density at radius 1 is 1.17 bits per heavy atom. The standard InChI is InChI=1S/C18H16N2O4/c1-23-16-7-6-14(10-17(16)24-2)20-18(22)13(11-19)8-12-4-3-5-15(21)9-12/h3-10,21H,1-2H3,(H,20,22). The van der Waals surface area contributed by atoms with Crippen molar-refractivity contribution in [3.63, 3.8) is 0 Å². The van der Waals surface area contributed by atoms with Crippen LogP contribution in [0.2, 0.25) is 0 Å². The SMILES string of the molecule is COc1ccc(NC(=O)C(C#N)=Cc2cccc(O)c2)cc1OC. The molecule has 2 aromatic carbocycles. The smallest absolute Gasteiger partial charge is 0.266 e. The second kappa shape index (κ2) is 7.70. The van der Waals surface area contributed by atoms with E-state index in [4.69, 9.17) is 9.47 Å². The molecule has 2 N–H and O–H groups in total. The van der Waals surface area contributed by atoms with E-state index in [0.29, 0.717) is 22.7 Å². The first kappa shape index (κ1) is 16.9. The van der Waals surface area contributed by atoms with Gasteiger partial charge in [0.25, 0.3) is 5.91 Å². The number of carbonyl (C=O) groups excluding carboxylic acids is 1. The zero-order chi connectivity index (χ0) is 17.5. The summed E-state index contributed by atoms with van der Waals surface area (Å²) in [6.45, 7) is 0. The number of methoxy groups -OCH3 is 2. The predicted molar refractivity (Wildman–Crippen MR) is 89.9 cm³/mol. The molecule has 0 spiro atoms. The van der Waals surface area contributed by atoms with Crippen molar-refractivity contribution in [3.05, 3.63) is 53.6 Å². The van der Waals surface area contributed by atoms with Crippen LogP contribution in [-0.4, -0.2) is 25.2 Å². The fourth-order valence-electron chi connectivity index (χ4n) is 2.04. The summed E-state index contributed by atoms with van der Waals surface area (Å²) in [5, 5.41) is 21.3. The number of nitrogens with zero attached hydrogens (tertiary/aromatic N) is 1. The van der Waals surface area contributed by atoms with Gasteiger partial charge < -0.3 is 19.9 Å². The van der Waals surface area contributed by atoms with Gasteiger partial charge in [-0.2, -0.15) is 5.26 Å². The predicted octanol–water partition coefficient (Wildman–Crippen LogP) is 2.96. The minimum Gasteiger partial charge on any atom is -0.508 e. The molecular weight excluding hydrogens is 308 g/mol. The van der Waals surface area contributed by atoms with E-state index in [9.17, 15) is 15.2 Å². The monoisotopic (exact) mass is 324 g/mol. The number of ether oxygens (including phenoxy) is 2. The molecule has 2 rings (SSSR count). The number of benzene rings is 2. The Morgan fingerprint density at radius 2 is 1.92 bits per heavy atom. The molecule has 0 aromatic heterocycles. The second-order valence-corrected chi connectivity index (χ2v) is 4.79. The highest BCUT2D eigenvalue weighted by Crippen LogP contribution is 2.29. The third-order valence-corrected chi connectivity index (χ3v) is 3.19. The Hall–Kier alpha value is -3.46. The van der Waals surface area contributed by atoms with Gasteiger partial charge in [-0.1, -0.05) is 12.1 Å². The van der Waals surface area contributed by atoms with Gasteiger partial charge in [0.05, 0.1) is 14.2 Å². The average Bonchev–Trinajstić information content (AvgIpc) is 2.59. The maximum absolute atomic E-state index is 12.3. The average molecular weight is 324 g/mol. The molecule has 0 heterocycles. The summed E-state index contributed by atoms with van der Waals surface area (Å²) in [6, 6.07) is 13.0. The van der Waals surface area contributed by atoms with Gasteiger partial charge in [0, 0.05) is 11.8 Å². The van der Waals surface area contributed by atoms with Crippen LogP contribution in [0.4, 0.5) is 5.69 Å². The summed E-state index contributed by atoms with van der Waals surface area (Å²) in [6.07, 6.45) is 1.40. The normalized spacial score (nSPS) is 10.6. The number of rotatable bonds is 5. The lowest BCUT2D eigenvalue weighted by Gasteiger charge is -2.10. The molecule has 0 saturated carbocycles. The number of phenols is 1. The lowest BCUT2D eigenvalue weighted by molar-refractivity contribution is -0.112. The molecule has 0 aliphatic carbocycles. The van der Waals surface area contributed by atoms with Gasteiger partial charge in [0.2, 0.25) is 0 Å². The van der Waals surface area contributed by atoms with Crippen LogP contribution in [0.3, 0.4) is 0 Å². The molecule has 6 nitrogen and oxygen atoms in total. The summed E-state index contributed by atoms with van der Waals surface area (Å²) < 4.78 is 10.3. The summed E-state index contributed by atoms with van der Waals surface area (Å²) >= 11 is 0. The van der Waals surface area contributed by atoms with Crippen molar-refractivity contribution in [3.8, 4) is 23.3 Å². The zero-order valence-corrected chi connectivity index (χ0v) is 13.2. The molecule has 0 radical (unpaired) electrons. The minimum absolute atomic E-state index is 0.0568. The molecule has 0 aliphatic rings. The summed E-state index contributed by atoms with van der Waals surface area (Å²) in [4.78, 5) is 12.3. The van der Waals surface area contributed by atoms with Crippen molar-refractivity contribution in [1.82, 2.24) is 0 Å². The van der Waals surface area contributed by atoms with Crippen molar-refractivity contribution in [2.75, 3.05) is 19.5 Å². The van der Waals surface area contributed by atoms with E-state index >= 15 is 0 Å². The number of nitriles is 1. The number of anilines is 1. The molecule has 24 heavy (non-hydrogen) atoms. The Bertz CT molecular complexity index is 822. The van der Waals surface area contributed by atoms with Crippen LogP contribution in [0.25, 0.3) is 6.08 Å². The lowest BCUT2D eigenvalue weighted by Crippen LogP contribution is -2.13. The van der Waals surface area contributed by atoms with E-state index in [1.807, 2.05) is 6.07 Å². The van der Waals surface area contributed by atoms with Crippen LogP contribution in [-0.2, 0) is 4.79 Å². The maximum Gasteiger partial charge on any atom is 0.266 e. The number of nitrogens with one attached hydrogen (secondary N) is 1. The molecule has 0 aliphatic heterocycles. The van der Waals surface area contributed by atoms with Crippen molar-refractivity contribution in [1.29, 1.82) is 5.26 Å². The number of amides is 1. The maximum atomic E-state index is 12.3. The number of aromatic hydroxyl groups is 1. The summed E-state index contributed by atoms with van der Waals surface area (Å²) in [7, 11) is 3.01. The number of carbonyl (C=O) groups is 1. The van der Waals surface area contributed by atoms with Gasteiger partial charge in [-0.15, -0.1) is 0 Å². The van der Waals surface area contributed by atoms with Gasteiger partial charge in [-0.05, 0) is 35.9 Å². The molecule has 2 aromatic rings. The van der Waals surface area contributed by atoms with Crippen LogP contribution >= 0.6 is 0 Å². The van der Waals surface area contributed by atoms with Crippen LogP contribution in [0.5, 0.6) is 17.2 Å². The van der Waals surface area contributed by atoms with Crippen LogP contribution < -0.4 is 14.8 Å². The number of phenolic OH excluding ortho intramolecular Hbond substituents is 1. The third-order valence-electron chi connectivity index (χ3n) is 3.19. The van der Waals surface area contributed by atoms with E-state index in [1.54, 1.807) is 30.3 Å². The van der Waals surface area contributed by atoms with Crippen molar-refractivity contribution >= 4 is 17.7 Å². The lowest BCUT2D eigenvalue weighted by atomic mass is 10.1. The molecule has 0 saturated heterocycles. The highest BCUT2D eigenvalue weighted by Gasteiger charge is 2.11. The molecule has 0 fully saturated rings. The summed E-state index contributed by atoms with van der Waals surface area (Å²) in [5.41, 5.74) is 0.930. The Morgan fingerprint density at radius 3 is 2.54 bits per heavy atom. The molecule has 0 atom stereocenters. The molecular formula is C18H16N2O4. The number of hydrogen-bond donors (Lipinski definition) is 2. The van der Waals surface area contributed by atoms with E-state index in [2.05, 4.69) is 5.32 Å². The molecule has 0 unspecified atom stereocenters. The fourth-order valence-corrected chi connectivity index (χ4v) is 2.04. The molecule has 0 bridgehead atoms. The number of hydrogen-bond acceptors (Lipinski definition) is 5. The fraction of sp³-hybridized carbons (Fsp3) is 0.111. The first-order valence-electron chi connectivity index (χ1n) is 7.01. The van der Waals surface area contributed by atoms with Gasteiger partial charge in [0.1, 0.15) is 17.4 Å². The highest BCUT2D eigenvalue weighted by atomic mass is 16.5. The Kier molecular flexibility index (Phi) is 5.42. The first-order valence-corrected chi connectivity index (χ1v) is 7.01. The zero-order valence-electron chi connectivity index (χ0n) is 13.2. The van der Waals surface area contributed by atoms with Gasteiger partial charge in [-0.3, -0.25) is 4.79 Å². The first-order chi connectivity index (χ1) is 11.6. The van der Waals surface area contributed by atoms with Crippen LogP contribution in [0, 0.1) is 11.3 Å². The van der Waals surface area contributed by atoms with Crippen molar-refractivity contribution in [2.24, 2.45) is 0 Å². The van der Waals surface area contributed by atoms with E-state index in [0.717, 1.165) is 0 Å². The van der Waals surface area contributed by atoms with Crippen LogP contribution in [0.1, 0.15) is 5.56 Å². The quantitative estimate of drug-likeness (QED) is 0.652. The largest absolute Gasteiger partial charge is 0.508 e. The Balaban J connectivity index is 2.23. The highest BCUT2D eigenvalue weighted by molar-refractivity contribution is 6.09. The minimum atomic E-state index is -0.562. The van der Waals surface area contributed by atoms with Gasteiger partial charge in [-0.25, -0.2) is 0 Å². The molecule has 122 valence electrons. The molecule has 6 heteroatoms. The molecule has 1 amide bonds. The van der Waals surface area contributed by atoms with Crippen LogP contribution in [0.15, 0.2) is 48.0 Å². The summed E-state index contributed by atoms with van der Waals surface area (Å²) in [5.74, 6) is 0.492. The Labute approximate surface area is 139 Å². The van der Waals surface area contributed by atoms with E-state index in [1.165, 1.54) is 32.4 Å². The van der Waals surface area contributed by atoms with Crippen molar-refractivity contribution in [2.45, 2.75) is 0 Å². The van der Waals surface area contributed by atoms with Gasteiger partial charge in [0.15, 0.2) is 11.5 Å². The second-order valence-electron chi connectivity index (χ2n) is 4.79.